The molecule has 0 radical (unpaired) electrons. The van der Waals surface area contributed by atoms with Crippen LogP contribution in [0.4, 0.5) is 5.82 Å². The second-order valence-corrected chi connectivity index (χ2v) is 4.15. The highest BCUT2D eigenvalue weighted by atomic mass is 32.1. The Morgan fingerprint density at radius 3 is 2.92 bits per heavy atom. The molecule has 0 aliphatic rings. The summed E-state index contributed by atoms with van der Waals surface area (Å²) in [5, 5.41) is 11.5. The maximum Gasteiger partial charge on any atom is 0.176 e. The smallest absolute Gasteiger partial charge is 0.176 e. The number of aromatic nitrogens is 4. The van der Waals surface area contributed by atoms with Gasteiger partial charge in [-0.1, -0.05) is 11.3 Å². The Hall–Kier alpha value is -1.21. The third-order valence-electron chi connectivity index (χ3n) is 1.65. The van der Waals surface area contributed by atoms with E-state index >= 15 is 0 Å². The fourth-order valence-corrected chi connectivity index (χ4v) is 1.86. The summed E-state index contributed by atoms with van der Waals surface area (Å²) in [6.45, 7) is 0. The Kier molecular flexibility index (Phi) is 1.89. The van der Waals surface area contributed by atoms with Crippen LogP contribution in [-0.4, -0.2) is 20.0 Å². The van der Waals surface area contributed by atoms with Crippen molar-refractivity contribution in [2.24, 2.45) is 7.05 Å². The molecule has 5 nitrogen and oxygen atoms in total. The van der Waals surface area contributed by atoms with Crippen LogP contribution in [0.1, 0.15) is 0 Å². The van der Waals surface area contributed by atoms with Gasteiger partial charge in [0.15, 0.2) is 8.96 Å². The molecular formula is C6H7N5S2. The maximum atomic E-state index is 5.76. The molecule has 0 saturated carbocycles. The zero-order valence-corrected chi connectivity index (χ0v) is 8.45. The van der Waals surface area contributed by atoms with Gasteiger partial charge in [-0.05, 0) is 12.2 Å². The third-order valence-corrected chi connectivity index (χ3v) is 2.78. The minimum atomic E-state index is 0.595. The summed E-state index contributed by atoms with van der Waals surface area (Å²) in [5.74, 6) is 0.595. The lowest BCUT2D eigenvalue weighted by Gasteiger charge is -1.94. The van der Waals surface area contributed by atoms with Crippen molar-refractivity contribution in [3.63, 3.8) is 0 Å². The monoisotopic (exact) mass is 213 g/mol. The molecule has 0 aliphatic carbocycles. The van der Waals surface area contributed by atoms with Gasteiger partial charge in [-0.25, -0.2) is 0 Å². The predicted molar refractivity (Wildman–Crippen MR) is 53.9 cm³/mol. The Balaban J connectivity index is 2.58. The van der Waals surface area contributed by atoms with Crippen molar-refractivity contribution >= 4 is 29.4 Å². The molecule has 0 atom stereocenters. The zero-order valence-electron chi connectivity index (χ0n) is 6.81. The lowest BCUT2D eigenvalue weighted by Crippen LogP contribution is -1.97. The lowest BCUT2D eigenvalue weighted by atomic mass is 10.3. The normalized spacial score (nSPS) is 10.5. The molecule has 2 rings (SSSR count). The van der Waals surface area contributed by atoms with E-state index in [1.807, 2.05) is 0 Å². The van der Waals surface area contributed by atoms with Gasteiger partial charge in [0, 0.05) is 7.05 Å². The van der Waals surface area contributed by atoms with E-state index in [1.54, 1.807) is 17.9 Å². The summed E-state index contributed by atoms with van der Waals surface area (Å²) in [5.41, 5.74) is 6.58. The molecule has 0 amide bonds. The summed E-state index contributed by atoms with van der Waals surface area (Å²) in [6.07, 6.45) is 1.68. The van der Waals surface area contributed by atoms with Gasteiger partial charge in [-0.3, -0.25) is 9.78 Å². The summed E-state index contributed by atoms with van der Waals surface area (Å²) in [7, 11) is 1.78. The van der Waals surface area contributed by atoms with Crippen molar-refractivity contribution in [1.82, 2.24) is 20.0 Å². The molecule has 68 valence electrons. The van der Waals surface area contributed by atoms with Gasteiger partial charge in [-0.15, -0.1) is 0 Å². The Labute approximate surface area is 83.2 Å². The molecule has 13 heavy (non-hydrogen) atoms. The number of hydrogen-bond donors (Lipinski definition) is 2. The minimum Gasteiger partial charge on any atom is -0.383 e. The Morgan fingerprint density at radius 2 is 2.46 bits per heavy atom. The molecule has 2 heterocycles. The predicted octanol–water partition coefficient (Wildman–Crippen LogP) is 1.18. The molecule has 3 N–H and O–H groups in total. The van der Waals surface area contributed by atoms with Crippen LogP contribution in [-0.2, 0) is 7.05 Å². The van der Waals surface area contributed by atoms with Crippen molar-refractivity contribution in [2.75, 3.05) is 5.73 Å². The van der Waals surface area contributed by atoms with Crippen LogP contribution < -0.4 is 5.73 Å². The minimum absolute atomic E-state index is 0.595. The van der Waals surface area contributed by atoms with Crippen LogP contribution in [0, 0.1) is 3.95 Å². The van der Waals surface area contributed by atoms with E-state index in [4.69, 9.17) is 18.0 Å². The number of nitrogens with two attached hydrogens (primary N) is 1. The van der Waals surface area contributed by atoms with E-state index < -0.39 is 0 Å². The maximum absolute atomic E-state index is 5.76. The number of nitrogens with zero attached hydrogens (tertiary/aromatic N) is 3. The first kappa shape index (κ1) is 8.39. The highest BCUT2D eigenvalue weighted by Crippen LogP contribution is 2.26. The third kappa shape index (κ3) is 1.36. The first-order valence-corrected chi connectivity index (χ1v) is 4.74. The van der Waals surface area contributed by atoms with Gasteiger partial charge in [0.1, 0.15) is 5.82 Å². The molecule has 0 bridgehead atoms. The quantitative estimate of drug-likeness (QED) is 0.698. The lowest BCUT2D eigenvalue weighted by molar-refractivity contribution is 0.779. The van der Waals surface area contributed by atoms with Crippen molar-refractivity contribution in [1.29, 1.82) is 0 Å². The van der Waals surface area contributed by atoms with Crippen LogP contribution in [0.3, 0.4) is 0 Å². The van der Waals surface area contributed by atoms with Gasteiger partial charge in [0.2, 0.25) is 0 Å². The van der Waals surface area contributed by atoms with E-state index in [9.17, 15) is 0 Å². The molecule has 2 aromatic rings. The van der Waals surface area contributed by atoms with E-state index in [0.717, 1.165) is 10.6 Å². The zero-order chi connectivity index (χ0) is 9.42. The van der Waals surface area contributed by atoms with Crippen LogP contribution in [0.2, 0.25) is 0 Å². The highest BCUT2D eigenvalue weighted by Gasteiger charge is 2.09. The average Bonchev–Trinajstić information content (AvgIpc) is 2.62. The average molecular weight is 213 g/mol. The molecule has 0 aliphatic heterocycles. The number of aryl methyl sites for hydroxylation is 1. The number of hydrogen-bond acceptors (Lipinski definition) is 5. The number of nitrogens with one attached hydrogen (secondary N) is 1. The number of anilines is 1. The number of nitrogen functional groups attached to an aromatic ring is 1. The first-order chi connectivity index (χ1) is 6.18. The van der Waals surface area contributed by atoms with Gasteiger partial charge in [-0.2, -0.15) is 10.2 Å². The Morgan fingerprint density at radius 1 is 1.69 bits per heavy atom. The largest absolute Gasteiger partial charge is 0.383 e. The Bertz CT molecular complexity index is 479. The van der Waals surface area contributed by atoms with Crippen LogP contribution in [0.25, 0.3) is 10.6 Å². The summed E-state index contributed by atoms with van der Waals surface area (Å²) < 4.78 is 2.23. The van der Waals surface area contributed by atoms with E-state index in [1.165, 1.54) is 11.3 Å². The van der Waals surface area contributed by atoms with Crippen molar-refractivity contribution in [3.8, 4) is 10.6 Å². The molecule has 0 spiro atoms. The van der Waals surface area contributed by atoms with Gasteiger partial charge >= 0.3 is 0 Å². The number of H-pyrrole nitrogens is 1. The number of rotatable bonds is 1. The van der Waals surface area contributed by atoms with E-state index in [2.05, 4.69) is 15.3 Å². The number of aromatic amines is 1. The van der Waals surface area contributed by atoms with Gasteiger partial charge in [0.05, 0.1) is 11.8 Å². The standard InChI is InChI=1S/C6H7N5S2/c1-11-4(7)3(2-8-11)5-9-10-6(12)13-5/h2H,7H2,1H3,(H,10,12). The van der Waals surface area contributed by atoms with Crippen molar-refractivity contribution in [3.05, 3.63) is 10.2 Å². The van der Waals surface area contributed by atoms with E-state index in [0.29, 0.717) is 9.77 Å². The van der Waals surface area contributed by atoms with Crippen molar-refractivity contribution in [2.45, 2.75) is 0 Å². The van der Waals surface area contributed by atoms with Gasteiger partial charge in [0.25, 0.3) is 0 Å². The molecule has 2 aromatic heterocycles. The molecule has 7 heteroatoms. The fraction of sp³-hybridized carbons (Fsp3) is 0.167. The van der Waals surface area contributed by atoms with Crippen LogP contribution in [0.15, 0.2) is 6.20 Å². The highest BCUT2D eigenvalue weighted by molar-refractivity contribution is 7.73. The molecule has 0 unspecified atom stereocenters. The molecule has 0 saturated heterocycles. The molecular weight excluding hydrogens is 206 g/mol. The summed E-state index contributed by atoms with van der Waals surface area (Å²) in [6, 6.07) is 0. The molecule has 0 fully saturated rings. The van der Waals surface area contributed by atoms with Crippen LogP contribution in [0.5, 0.6) is 0 Å². The fourth-order valence-electron chi connectivity index (χ4n) is 0.957. The topological polar surface area (TPSA) is 72.5 Å². The summed E-state index contributed by atoms with van der Waals surface area (Å²) >= 11 is 6.30. The molecule has 0 aromatic carbocycles. The SMILES string of the molecule is Cn1ncc(-c2n[nH]c(=S)s2)c1N. The second kappa shape index (κ2) is 2.93. The van der Waals surface area contributed by atoms with Crippen molar-refractivity contribution < 1.29 is 0 Å². The first-order valence-electron chi connectivity index (χ1n) is 3.52. The second-order valence-electron chi connectivity index (χ2n) is 2.49. The summed E-state index contributed by atoms with van der Waals surface area (Å²) in [4.78, 5) is 0. The van der Waals surface area contributed by atoms with E-state index in [-0.39, 0.29) is 0 Å². The van der Waals surface area contributed by atoms with Crippen LogP contribution >= 0.6 is 23.6 Å². The van der Waals surface area contributed by atoms with Gasteiger partial charge < -0.3 is 5.73 Å².